The molecule has 0 saturated carbocycles. The topological polar surface area (TPSA) is 53.4 Å². The van der Waals surface area contributed by atoms with E-state index in [1.165, 1.54) is 0 Å². The van der Waals surface area contributed by atoms with Crippen molar-refractivity contribution in [1.82, 2.24) is 25.1 Å². The largest absolute Gasteiger partial charge is 0.310 e. The molecule has 3 rings (SSSR count). The number of hydrogen-bond donors (Lipinski definition) is 1. The Labute approximate surface area is 107 Å². The average molecular weight is 249 g/mol. The molecule has 6 heteroatoms. The summed E-state index contributed by atoms with van der Waals surface area (Å²) < 4.78 is 1.88. The number of hydrazine groups is 1. The molecule has 0 aliphatic carbocycles. The molecule has 0 aromatic carbocycles. The fourth-order valence-electron chi connectivity index (χ4n) is 2.64. The van der Waals surface area contributed by atoms with E-state index < -0.39 is 0 Å². The van der Waals surface area contributed by atoms with Crippen molar-refractivity contribution in [3.8, 4) is 0 Å². The Morgan fingerprint density at radius 1 is 1.33 bits per heavy atom. The molecule has 0 unspecified atom stereocenters. The number of carbonyl (C=O) groups excluding carboxylic acids is 1. The molecule has 0 spiro atoms. The summed E-state index contributed by atoms with van der Waals surface area (Å²) in [5, 5.41) is 11.6. The van der Waals surface area contributed by atoms with Crippen LogP contribution in [0.5, 0.6) is 0 Å². The van der Waals surface area contributed by atoms with Crippen LogP contribution in [0.3, 0.4) is 0 Å². The van der Waals surface area contributed by atoms with Crippen LogP contribution in [0, 0.1) is 0 Å². The Kier molecular flexibility index (Phi) is 2.64. The quantitative estimate of drug-likeness (QED) is 0.695. The van der Waals surface area contributed by atoms with E-state index in [0.717, 1.165) is 43.0 Å². The van der Waals surface area contributed by atoms with Gasteiger partial charge in [0.1, 0.15) is 5.69 Å². The SMILES string of the molecule is C[C@@H]1Cc2nn3c(c2CN1)C(=O)N(C)N(C)CC3. The van der Waals surface area contributed by atoms with Gasteiger partial charge in [-0.15, -0.1) is 0 Å². The lowest BCUT2D eigenvalue weighted by Gasteiger charge is -2.26. The molecule has 0 radical (unpaired) electrons. The molecule has 1 amide bonds. The fraction of sp³-hybridized carbons (Fsp3) is 0.667. The third-order valence-corrected chi connectivity index (χ3v) is 3.90. The van der Waals surface area contributed by atoms with E-state index in [4.69, 9.17) is 0 Å². The molecule has 2 aliphatic heterocycles. The van der Waals surface area contributed by atoms with Crippen LogP contribution in [0.2, 0.25) is 0 Å². The Balaban J connectivity index is 2.07. The number of amides is 1. The van der Waals surface area contributed by atoms with E-state index in [-0.39, 0.29) is 5.91 Å². The molecular formula is C12H19N5O. The molecule has 3 heterocycles. The summed E-state index contributed by atoms with van der Waals surface area (Å²) in [6.45, 7) is 4.46. The second kappa shape index (κ2) is 4.07. The van der Waals surface area contributed by atoms with Crippen molar-refractivity contribution in [2.75, 3.05) is 20.6 Å². The monoisotopic (exact) mass is 249 g/mol. The van der Waals surface area contributed by atoms with Gasteiger partial charge in [0.15, 0.2) is 0 Å². The van der Waals surface area contributed by atoms with Crippen molar-refractivity contribution in [3.05, 3.63) is 17.0 Å². The van der Waals surface area contributed by atoms with Crippen LogP contribution in [-0.4, -0.2) is 52.4 Å². The van der Waals surface area contributed by atoms with Gasteiger partial charge in [0.05, 0.1) is 12.2 Å². The van der Waals surface area contributed by atoms with E-state index >= 15 is 0 Å². The smallest absolute Gasteiger partial charge is 0.286 e. The molecule has 1 aromatic rings. The Bertz CT molecular complexity index is 495. The van der Waals surface area contributed by atoms with Gasteiger partial charge in [-0.05, 0) is 6.92 Å². The number of rotatable bonds is 0. The van der Waals surface area contributed by atoms with Gasteiger partial charge in [0.2, 0.25) is 0 Å². The van der Waals surface area contributed by atoms with Crippen LogP contribution in [0.15, 0.2) is 0 Å². The minimum atomic E-state index is 0.0418. The van der Waals surface area contributed by atoms with Crippen molar-refractivity contribution in [1.29, 1.82) is 0 Å². The molecule has 0 fully saturated rings. The lowest BCUT2D eigenvalue weighted by molar-refractivity contribution is 0.0241. The molecule has 1 atom stereocenters. The summed E-state index contributed by atoms with van der Waals surface area (Å²) in [5.41, 5.74) is 2.93. The summed E-state index contributed by atoms with van der Waals surface area (Å²) in [7, 11) is 3.74. The zero-order valence-electron chi connectivity index (χ0n) is 11.1. The first kappa shape index (κ1) is 11.7. The van der Waals surface area contributed by atoms with Crippen molar-refractivity contribution >= 4 is 5.91 Å². The van der Waals surface area contributed by atoms with Crippen LogP contribution in [0.1, 0.15) is 28.7 Å². The zero-order chi connectivity index (χ0) is 12.9. The second-order valence-corrected chi connectivity index (χ2v) is 5.19. The third-order valence-electron chi connectivity index (χ3n) is 3.90. The van der Waals surface area contributed by atoms with E-state index in [0.29, 0.717) is 6.04 Å². The molecule has 0 saturated heterocycles. The van der Waals surface area contributed by atoms with Crippen LogP contribution < -0.4 is 5.32 Å². The summed E-state index contributed by atoms with van der Waals surface area (Å²) in [4.78, 5) is 12.5. The Morgan fingerprint density at radius 2 is 2.11 bits per heavy atom. The number of fused-ring (bicyclic) bond motifs is 3. The van der Waals surface area contributed by atoms with Gasteiger partial charge >= 0.3 is 0 Å². The van der Waals surface area contributed by atoms with Gasteiger partial charge in [0.25, 0.3) is 5.91 Å². The van der Waals surface area contributed by atoms with Crippen molar-refractivity contribution in [2.24, 2.45) is 0 Å². The molecule has 2 aliphatic rings. The van der Waals surface area contributed by atoms with Gasteiger partial charge in [0, 0.05) is 45.2 Å². The first-order valence-electron chi connectivity index (χ1n) is 6.39. The highest BCUT2D eigenvalue weighted by Gasteiger charge is 2.31. The van der Waals surface area contributed by atoms with E-state index in [1.54, 1.807) is 5.01 Å². The van der Waals surface area contributed by atoms with Crippen molar-refractivity contribution in [2.45, 2.75) is 32.5 Å². The predicted octanol–water partition coefficient (Wildman–Crippen LogP) is -0.150. The van der Waals surface area contributed by atoms with Gasteiger partial charge in [-0.25, -0.2) is 5.01 Å². The standard InChI is InChI=1S/C12H19N5O/c1-8-6-10-9(7-13-8)11-12(18)16(3)15(2)4-5-17(11)14-10/h8,13H,4-7H2,1-3H3/t8-/m1/s1. The minimum Gasteiger partial charge on any atom is -0.310 e. The van der Waals surface area contributed by atoms with Gasteiger partial charge in [-0.1, -0.05) is 0 Å². The number of nitrogens with zero attached hydrogens (tertiary/aromatic N) is 4. The Morgan fingerprint density at radius 3 is 2.89 bits per heavy atom. The van der Waals surface area contributed by atoms with Crippen LogP contribution >= 0.6 is 0 Å². The Hall–Kier alpha value is -1.40. The summed E-state index contributed by atoms with van der Waals surface area (Å²) >= 11 is 0. The number of likely N-dealkylation sites (N-methyl/N-ethyl adjacent to an activating group) is 1. The molecule has 18 heavy (non-hydrogen) atoms. The van der Waals surface area contributed by atoms with Gasteiger partial charge in [-0.2, -0.15) is 5.10 Å². The molecular weight excluding hydrogens is 230 g/mol. The maximum absolute atomic E-state index is 12.5. The molecule has 1 aromatic heterocycles. The summed E-state index contributed by atoms with van der Waals surface area (Å²) in [6, 6.07) is 0.437. The summed E-state index contributed by atoms with van der Waals surface area (Å²) in [6.07, 6.45) is 0.905. The van der Waals surface area contributed by atoms with E-state index in [9.17, 15) is 4.79 Å². The molecule has 98 valence electrons. The van der Waals surface area contributed by atoms with Crippen LogP contribution in [0.4, 0.5) is 0 Å². The summed E-state index contributed by atoms with van der Waals surface area (Å²) in [5.74, 6) is 0.0418. The molecule has 6 nitrogen and oxygen atoms in total. The first-order valence-corrected chi connectivity index (χ1v) is 6.39. The lowest BCUT2D eigenvalue weighted by Crippen LogP contribution is -2.41. The highest BCUT2D eigenvalue weighted by molar-refractivity contribution is 5.94. The van der Waals surface area contributed by atoms with Crippen molar-refractivity contribution in [3.63, 3.8) is 0 Å². The maximum atomic E-state index is 12.5. The minimum absolute atomic E-state index is 0.0418. The molecule has 1 N–H and O–H groups in total. The number of nitrogens with one attached hydrogen (secondary N) is 1. The highest BCUT2D eigenvalue weighted by Crippen LogP contribution is 2.23. The van der Waals surface area contributed by atoms with Crippen molar-refractivity contribution < 1.29 is 4.79 Å². The van der Waals surface area contributed by atoms with Gasteiger partial charge < -0.3 is 5.32 Å². The number of carbonyl (C=O) groups is 1. The third kappa shape index (κ3) is 1.64. The van der Waals surface area contributed by atoms with Crippen LogP contribution in [-0.2, 0) is 19.5 Å². The maximum Gasteiger partial charge on any atom is 0.286 e. The first-order chi connectivity index (χ1) is 8.58. The van der Waals surface area contributed by atoms with Crippen LogP contribution in [0.25, 0.3) is 0 Å². The second-order valence-electron chi connectivity index (χ2n) is 5.19. The lowest BCUT2D eigenvalue weighted by atomic mass is 10.0. The number of hydrogen-bond acceptors (Lipinski definition) is 4. The van der Waals surface area contributed by atoms with Gasteiger partial charge in [-0.3, -0.25) is 14.5 Å². The van der Waals surface area contributed by atoms with E-state index in [1.807, 2.05) is 23.8 Å². The van der Waals surface area contributed by atoms with E-state index in [2.05, 4.69) is 17.3 Å². The highest BCUT2D eigenvalue weighted by atomic mass is 16.2. The number of aromatic nitrogens is 2. The normalized spacial score (nSPS) is 24.7. The predicted molar refractivity (Wildman–Crippen MR) is 67.0 cm³/mol. The fourth-order valence-corrected chi connectivity index (χ4v) is 2.64. The zero-order valence-corrected chi connectivity index (χ0v) is 11.1. The average Bonchev–Trinajstić information content (AvgIpc) is 2.66. The molecule has 0 bridgehead atoms.